The Morgan fingerprint density at radius 1 is 1.05 bits per heavy atom. The van der Waals surface area contributed by atoms with Gasteiger partial charge in [-0.15, -0.1) is 0 Å². The molecule has 110 valence electrons. The molecular weight excluding hydrogens is 246 g/mol. The van der Waals surface area contributed by atoms with Crippen LogP contribution in [0.15, 0.2) is 34.7 Å². The number of para-hydroxylation sites is 1. The smallest absolute Gasteiger partial charge is 0.134 e. The molecule has 2 heteroatoms. The summed E-state index contributed by atoms with van der Waals surface area (Å²) in [7, 11) is 0. The standard InChI is InChI=1S/C18H27NO/c1-3-5-6-7-8-12-16(19-4-2)18-14-15-11-9-10-13-17(15)20-18/h9-11,13-14,16,19H,3-8,12H2,1-2H3. The molecule has 1 heterocycles. The molecule has 0 saturated carbocycles. The first-order valence-electron chi connectivity index (χ1n) is 8.07. The van der Waals surface area contributed by atoms with Crippen LogP contribution in [0.5, 0.6) is 0 Å². The maximum Gasteiger partial charge on any atom is 0.134 e. The Morgan fingerprint density at radius 2 is 1.85 bits per heavy atom. The minimum absolute atomic E-state index is 0.356. The van der Waals surface area contributed by atoms with Crippen LogP contribution >= 0.6 is 0 Å². The van der Waals surface area contributed by atoms with Crippen molar-refractivity contribution in [3.05, 3.63) is 36.1 Å². The van der Waals surface area contributed by atoms with Crippen molar-refractivity contribution in [3.63, 3.8) is 0 Å². The highest BCUT2D eigenvalue weighted by Crippen LogP contribution is 2.27. The summed E-state index contributed by atoms with van der Waals surface area (Å²) in [5.74, 6) is 1.09. The number of hydrogen-bond acceptors (Lipinski definition) is 2. The Kier molecular flexibility index (Phi) is 6.13. The second kappa shape index (κ2) is 8.11. The van der Waals surface area contributed by atoms with Gasteiger partial charge in [-0.25, -0.2) is 0 Å². The molecule has 1 aromatic carbocycles. The maximum atomic E-state index is 6.00. The first-order chi connectivity index (χ1) is 9.85. The molecular formula is C18H27NO. The molecule has 2 aromatic rings. The average molecular weight is 273 g/mol. The summed E-state index contributed by atoms with van der Waals surface area (Å²) in [5, 5.41) is 4.76. The van der Waals surface area contributed by atoms with E-state index in [1.54, 1.807) is 0 Å². The Bertz CT molecular complexity index is 470. The van der Waals surface area contributed by atoms with E-state index in [2.05, 4.69) is 37.4 Å². The third kappa shape index (κ3) is 4.11. The summed E-state index contributed by atoms with van der Waals surface area (Å²) >= 11 is 0. The van der Waals surface area contributed by atoms with Crippen LogP contribution in [0.1, 0.15) is 64.2 Å². The molecule has 2 nitrogen and oxygen atoms in total. The average Bonchev–Trinajstić information content (AvgIpc) is 2.89. The van der Waals surface area contributed by atoms with Crippen LogP contribution in [0.3, 0.4) is 0 Å². The van der Waals surface area contributed by atoms with E-state index in [1.165, 1.54) is 37.5 Å². The van der Waals surface area contributed by atoms with Crippen LogP contribution < -0.4 is 5.32 Å². The van der Waals surface area contributed by atoms with Crippen LogP contribution in [0.2, 0.25) is 0 Å². The van der Waals surface area contributed by atoms with E-state index in [1.807, 2.05) is 12.1 Å². The third-order valence-corrected chi connectivity index (χ3v) is 3.83. The fourth-order valence-corrected chi connectivity index (χ4v) is 2.72. The van der Waals surface area contributed by atoms with E-state index in [0.717, 1.165) is 24.3 Å². The zero-order chi connectivity index (χ0) is 14.2. The minimum atomic E-state index is 0.356. The molecule has 0 fully saturated rings. The second-order valence-electron chi connectivity index (χ2n) is 5.50. The summed E-state index contributed by atoms with van der Waals surface area (Å²) in [4.78, 5) is 0. The summed E-state index contributed by atoms with van der Waals surface area (Å²) in [6.45, 7) is 5.40. The normalized spacial score (nSPS) is 12.9. The molecule has 0 saturated heterocycles. The van der Waals surface area contributed by atoms with E-state index in [4.69, 9.17) is 4.42 Å². The Hall–Kier alpha value is -1.28. The van der Waals surface area contributed by atoms with E-state index in [0.29, 0.717) is 6.04 Å². The summed E-state index contributed by atoms with van der Waals surface area (Å²) in [5.41, 5.74) is 0.997. The molecule has 0 aliphatic rings. The fourth-order valence-electron chi connectivity index (χ4n) is 2.72. The van der Waals surface area contributed by atoms with Gasteiger partial charge in [0.15, 0.2) is 0 Å². The van der Waals surface area contributed by atoms with Gasteiger partial charge in [0, 0.05) is 5.39 Å². The molecule has 0 aliphatic heterocycles. The van der Waals surface area contributed by atoms with Crippen molar-refractivity contribution in [2.24, 2.45) is 0 Å². The number of furan rings is 1. The van der Waals surface area contributed by atoms with Crippen molar-refractivity contribution in [3.8, 4) is 0 Å². The van der Waals surface area contributed by atoms with E-state index in [9.17, 15) is 0 Å². The highest BCUT2D eigenvalue weighted by atomic mass is 16.3. The molecule has 1 unspecified atom stereocenters. The summed E-state index contributed by atoms with van der Waals surface area (Å²) < 4.78 is 6.00. The molecule has 20 heavy (non-hydrogen) atoms. The van der Waals surface area contributed by atoms with Gasteiger partial charge in [0.25, 0.3) is 0 Å². The number of nitrogens with one attached hydrogen (secondary N) is 1. The van der Waals surface area contributed by atoms with E-state index >= 15 is 0 Å². The topological polar surface area (TPSA) is 25.2 Å². The van der Waals surface area contributed by atoms with Crippen LogP contribution in [0, 0.1) is 0 Å². The van der Waals surface area contributed by atoms with Crippen molar-refractivity contribution >= 4 is 11.0 Å². The van der Waals surface area contributed by atoms with Gasteiger partial charge >= 0.3 is 0 Å². The van der Waals surface area contributed by atoms with Crippen LogP contribution in [-0.4, -0.2) is 6.54 Å². The van der Waals surface area contributed by atoms with Gasteiger partial charge in [-0.05, 0) is 25.1 Å². The van der Waals surface area contributed by atoms with Gasteiger partial charge in [0.1, 0.15) is 11.3 Å². The number of unbranched alkanes of at least 4 members (excludes halogenated alkanes) is 4. The minimum Gasteiger partial charge on any atom is -0.459 e. The van der Waals surface area contributed by atoms with Crippen molar-refractivity contribution < 1.29 is 4.42 Å². The monoisotopic (exact) mass is 273 g/mol. The van der Waals surface area contributed by atoms with E-state index in [-0.39, 0.29) is 0 Å². The zero-order valence-electron chi connectivity index (χ0n) is 12.8. The second-order valence-corrected chi connectivity index (χ2v) is 5.50. The van der Waals surface area contributed by atoms with Crippen molar-refractivity contribution in [1.82, 2.24) is 5.32 Å². The molecule has 0 bridgehead atoms. The summed E-state index contributed by atoms with van der Waals surface area (Å²) in [6, 6.07) is 10.8. The lowest BCUT2D eigenvalue weighted by molar-refractivity contribution is 0.403. The molecule has 1 N–H and O–H groups in total. The van der Waals surface area contributed by atoms with Crippen LogP contribution in [0.4, 0.5) is 0 Å². The van der Waals surface area contributed by atoms with Gasteiger partial charge in [-0.2, -0.15) is 0 Å². The fraction of sp³-hybridized carbons (Fsp3) is 0.556. The largest absolute Gasteiger partial charge is 0.459 e. The SMILES string of the molecule is CCCCCCCC(NCC)c1cc2ccccc2o1. The highest BCUT2D eigenvalue weighted by molar-refractivity contribution is 5.77. The lowest BCUT2D eigenvalue weighted by atomic mass is 10.0. The number of rotatable bonds is 9. The Balaban J connectivity index is 1.96. The predicted octanol–water partition coefficient (Wildman–Crippen LogP) is 5.44. The van der Waals surface area contributed by atoms with Crippen molar-refractivity contribution in [2.75, 3.05) is 6.54 Å². The highest BCUT2D eigenvalue weighted by Gasteiger charge is 2.14. The van der Waals surface area contributed by atoms with Gasteiger partial charge < -0.3 is 9.73 Å². The van der Waals surface area contributed by atoms with Crippen molar-refractivity contribution in [2.45, 2.75) is 58.4 Å². The maximum absolute atomic E-state index is 6.00. The molecule has 1 atom stereocenters. The predicted molar refractivity (Wildman–Crippen MR) is 86.0 cm³/mol. The number of hydrogen-bond donors (Lipinski definition) is 1. The van der Waals surface area contributed by atoms with Gasteiger partial charge in [0.2, 0.25) is 0 Å². The first-order valence-corrected chi connectivity index (χ1v) is 8.07. The van der Waals surface area contributed by atoms with Gasteiger partial charge in [-0.3, -0.25) is 0 Å². The lowest BCUT2D eigenvalue weighted by Gasteiger charge is -2.15. The quantitative estimate of drug-likeness (QED) is 0.615. The molecule has 0 amide bonds. The third-order valence-electron chi connectivity index (χ3n) is 3.83. The lowest BCUT2D eigenvalue weighted by Crippen LogP contribution is -2.20. The first kappa shape index (κ1) is 15.1. The Morgan fingerprint density at radius 3 is 2.60 bits per heavy atom. The van der Waals surface area contributed by atoms with Crippen molar-refractivity contribution in [1.29, 1.82) is 0 Å². The van der Waals surface area contributed by atoms with Gasteiger partial charge in [-0.1, -0.05) is 64.2 Å². The van der Waals surface area contributed by atoms with Crippen LogP contribution in [0.25, 0.3) is 11.0 Å². The van der Waals surface area contributed by atoms with Crippen LogP contribution in [-0.2, 0) is 0 Å². The number of fused-ring (bicyclic) bond motifs is 1. The zero-order valence-corrected chi connectivity index (χ0v) is 12.8. The molecule has 2 rings (SSSR count). The molecule has 0 spiro atoms. The van der Waals surface area contributed by atoms with Gasteiger partial charge in [0.05, 0.1) is 6.04 Å². The number of benzene rings is 1. The summed E-state index contributed by atoms with van der Waals surface area (Å²) in [6.07, 6.45) is 7.79. The van der Waals surface area contributed by atoms with E-state index < -0.39 is 0 Å². The molecule has 0 radical (unpaired) electrons. The Labute approximate surface area is 122 Å². The molecule has 1 aromatic heterocycles. The molecule has 0 aliphatic carbocycles.